The van der Waals surface area contributed by atoms with Crippen molar-refractivity contribution in [3.8, 4) is 0 Å². The number of rotatable bonds is 3. The Labute approximate surface area is 87.4 Å². The van der Waals surface area contributed by atoms with Crippen molar-refractivity contribution < 1.29 is 4.74 Å². The first-order chi connectivity index (χ1) is 6.40. The second-order valence-electron chi connectivity index (χ2n) is 5.90. The van der Waals surface area contributed by atoms with Crippen LogP contribution in [0.5, 0.6) is 0 Å². The van der Waals surface area contributed by atoms with Crippen molar-refractivity contribution in [2.24, 2.45) is 11.3 Å². The molecule has 82 valence electrons. The highest BCUT2D eigenvalue weighted by Gasteiger charge is 2.58. The van der Waals surface area contributed by atoms with Crippen molar-refractivity contribution in [1.29, 1.82) is 0 Å². The minimum atomic E-state index is 0.0722. The molecule has 0 radical (unpaired) electrons. The zero-order valence-corrected chi connectivity index (χ0v) is 10.1. The smallest absolute Gasteiger partial charge is 0.0731 e. The van der Waals surface area contributed by atoms with Crippen LogP contribution in [-0.2, 0) is 4.74 Å². The average molecular weight is 197 g/mol. The van der Waals surface area contributed by atoms with Gasteiger partial charge in [-0.25, -0.2) is 0 Å². The van der Waals surface area contributed by atoms with E-state index in [9.17, 15) is 0 Å². The molecule has 0 aromatic carbocycles. The SMILES string of the molecule is COC1(C)CC(NC2CC2C)C1(C)C. The van der Waals surface area contributed by atoms with Crippen molar-refractivity contribution in [3.05, 3.63) is 0 Å². The Bertz CT molecular complexity index is 236. The molecule has 0 heterocycles. The highest BCUT2D eigenvalue weighted by Crippen LogP contribution is 2.52. The fourth-order valence-electron chi connectivity index (χ4n) is 2.57. The molecule has 4 unspecified atom stereocenters. The third-order valence-corrected chi connectivity index (χ3v) is 4.80. The molecular formula is C12H23NO. The molecule has 0 saturated heterocycles. The lowest BCUT2D eigenvalue weighted by molar-refractivity contribution is -0.181. The van der Waals surface area contributed by atoms with Crippen LogP contribution < -0.4 is 5.32 Å². The van der Waals surface area contributed by atoms with Crippen molar-refractivity contribution in [2.45, 2.75) is 58.2 Å². The summed E-state index contributed by atoms with van der Waals surface area (Å²) in [5.74, 6) is 0.889. The second kappa shape index (κ2) is 2.96. The zero-order valence-electron chi connectivity index (χ0n) is 10.1. The van der Waals surface area contributed by atoms with Gasteiger partial charge in [0, 0.05) is 24.6 Å². The zero-order chi connectivity index (χ0) is 10.6. The third-order valence-electron chi connectivity index (χ3n) is 4.80. The number of nitrogens with one attached hydrogen (secondary N) is 1. The molecule has 14 heavy (non-hydrogen) atoms. The maximum atomic E-state index is 5.61. The Balaban J connectivity index is 1.92. The molecule has 1 N–H and O–H groups in total. The lowest BCUT2D eigenvalue weighted by atomic mass is 9.56. The fourth-order valence-corrected chi connectivity index (χ4v) is 2.57. The number of ether oxygens (including phenoxy) is 1. The average Bonchev–Trinajstić information content (AvgIpc) is 2.81. The van der Waals surface area contributed by atoms with E-state index in [1.165, 1.54) is 6.42 Å². The van der Waals surface area contributed by atoms with Crippen molar-refractivity contribution >= 4 is 0 Å². The largest absolute Gasteiger partial charge is 0.378 e. The summed E-state index contributed by atoms with van der Waals surface area (Å²) in [7, 11) is 1.83. The summed E-state index contributed by atoms with van der Waals surface area (Å²) in [6.45, 7) is 9.16. The quantitative estimate of drug-likeness (QED) is 0.749. The molecular weight excluding hydrogens is 174 g/mol. The van der Waals surface area contributed by atoms with Crippen LogP contribution in [0.25, 0.3) is 0 Å². The van der Waals surface area contributed by atoms with Crippen LogP contribution in [0, 0.1) is 11.3 Å². The molecule has 0 aliphatic heterocycles. The first kappa shape index (κ1) is 10.4. The molecule has 2 heteroatoms. The van der Waals surface area contributed by atoms with Gasteiger partial charge in [-0.1, -0.05) is 20.8 Å². The Morgan fingerprint density at radius 2 is 1.86 bits per heavy atom. The molecule has 2 fully saturated rings. The van der Waals surface area contributed by atoms with E-state index < -0.39 is 0 Å². The van der Waals surface area contributed by atoms with Gasteiger partial charge in [0.25, 0.3) is 0 Å². The summed E-state index contributed by atoms with van der Waals surface area (Å²) in [4.78, 5) is 0. The van der Waals surface area contributed by atoms with Crippen molar-refractivity contribution in [2.75, 3.05) is 7.11 Å². The summed E-state index contributed by atoms with van der Waals surface area (Å²) in [6.07, 6.45) is 2.51. The summed E-state index contributed by atoms with van der Waals surface area (Å²) in [5, 5.41) is 3.74. The van der Waals surface area contributed by atoms with Crippen LogP contribution >= 0.6 is 0 Å². The van der Waals surface area contributed by atoms with Crippen LogP contribution in [-0.4, -0.2) is 24.8 Å². The molecule has 0 aromatic heterocycles. The minimum Gasteiger partial charge on any atom is -0.378 e. The van der Waals surface area contributed by atoms with Gasteiger partial charge in [0.15, 0.2) is 0 Å². The lowest BCUT2D eigenvalue weighted by Crippen LogP contribution is -2.68. The van der Waals surface area contributed by atoms with E-state index in [1.807, 2.05) is 7.11 Å². The summed E-state index contributed by atoms with van der Waals surface area (Å²) >= 11 is 0. The van der Waals surface area contributed by atoms with Gasteiger partial charge in [0.1, 0.15) is 0 Å². The van der Waals surface area contributed by atoms with Crippen LogP contribution in [0.3, 0.4) is 0 Å². The van der Waals surface area contributed by atoms with Gasteiger partial charge in [-0.3, -0.25) is 0 Å². The van der Waals surface area contributed by atoms with Crippen LogP contribution in [0.4, 0.5) is 0 Å². The van der Waals surface area contributed by atoms with E-state index >= 15 is 0 Å². The number of methoxy groups -OCH3 is 1. The van der Waals surface area contributed by atoms with Gasteiger partial charge in [0.05, 0.1) is 5.60 Å². The monoisotopic (exact) mass is 197 g/mol. The molecule has 2 saturated carbocycles. The highest BCUT2D eigenvalue weighted by molar-refractivity contribution is 5.13. The van der Waals surface area contributed by atoms with Crippen LogP contribution in [0.1, 0.15) is 40.5 Å². The van der Waals surface area contributed by atoms with E-state index in [0.717, 1.165) is 18.4 Å². The molecule has 4 atom stereocenters. The summed E-state index contributed by atoms with van der Waals surface area (Å²) < 4.78 is 5.61. The van der Waals surface area contributed by atoms with Gasteiger partial charge in [-0.05, 0) is 25.7 Å². The van der Waals surface area contributed by atoms with Crippen LogP contribution in [0.2, 0.25) is 0 Å². The number of hydrogen-bond donors (Lipinski definition) is 1. The Kier molecular flexibility index (Phi) is 2.20. The van der Waals surface area contributed by atoms with Gasteiger partial charge >= 0.3 is 0 Å². The molecule has 2 rings (SSSR count). The van der Waals surface area contributed by atoms with E-state index in [1.54, 1.807) is 0 Å². The Hall–Kier alpha value is -0.0800. The van der Waals surface area contributed by atoms with E-state index in [0.29, 0.717) is 6.04 Å². The van der Waals surface area contributed by atoms with Crippen molar-refractivity contribution in [3.63, 3.8) is 0 Å². The maximum absolute atomic E-state index is 5.61. The Morgan fingerprint density at radius 1 is 1.29 bits per heavy atom. The van der Waals surface area contributed by atoms with Gasteiger partial charge in [0.2, 0.25) is 0 Å². The third kappa shape index (κ3) is 1.31. The fraction of sp³-hybridized carbons (Fsp3) is 1.00. The normalized spacial score (nSPS) is 49.9. The molecule has 2 aliphatic rings. The van der Waals surface area contributed by atoms with Crippen molar-refractivity contribution in [1.82, 2.24) is 5.32 Å². The predicted molar refractivity (Wildman–Crippen MR) is 58.3 cm³/mol. The number of hydrogen-bond acceptors (Lipinski definition) is 2. The minimum absolute atomic E-state index is 0.0722. The van der Waals surface area contributed by atoms with Gasteiger partial charge < -0.3 is 10.1 Å². The highest BCUT2D eigenvalue weighted by atomic mass is 16.5. The summed E-state index contributed by atoms with van der Waals surface area (Å²) in [6, 6.07) is 1.42. The predicted octanol–water partition coefficient (Wildman–Crippen LogP) is 2.19. The van der Waals surface area contributed by atoms with Gasteiger partial charge in [-0.2, -0.15) is 0 Å². The molecule has 0 amide bonds. The topological polar surface area (TPSA) is 21.3 Å². The first-order valence-corrected chi connectivity index (χ1v) is 5.72. The van der Waals surface area contributed by atoms with E-state index in [4.69, 9.17) is 4.74 Å². The second-order valence-corrected chi connectivity index (χ2v) is 5.90. The van der Waals surface area contributed by atoms with Gasteiger partial charge in [-0.15, -0.1) is 0 Å². The Morgan fingerprint density at radius 3 is 2.21 bits per heavy atom. The molecule has 2 nitrogen and oxygen atoms in total. The molecule has 0 spiro atoms. The summed E-state index contributed by atoms with van der Waals surface area (Å²) in [5.41, 5.74) is 0.340. The molecule has 2 aliphatic carbocycles. The van der Waals surface area contributed by atoms with E-state index in [-0.39, 0.29) is 11.0 Å². The molecule has 0 bridgehead atoms. The maximum Gasteiger partial charge on any atom is 0.0731 e. The standard InChI is InChI=1S/C12H23NO/c1-8-6-9(8)13-10-7-12(4,14-5)11(10,2)3/h8-10,13H,6-7H2,1-5H3. The molecule has 0 aromatic rings. The van der Waals surface area contributed by atoms with E-state index in [2.05, 4.69) is 33.0 Å². The van der Waals surface area contributed by atoms with Crippen LogP contribution in [0.15, 0.2) is 0 Å². The lowest BCUT2D eigenvalue weighted by Gasteiger charge is -2.59. The first-order valence-electron chi connectivity index (χ1n) is 5.72.